The van der Waals surface area contributed by atoms with Gasteiger partial charge in [0.25, 0.3) is 17.7 Å². The van der Waals surface area contributed by atoms with Crippen LogP contribution < -0.4 is 4.90 Å². The number of benzene rings is 2. The molecule has 3 amide bonds. The highest BCUT2D eigenvalue weighted by molar-refractivity contribution is 6.34. The van der Waals surface area contributed by atoms with Crippen LogP contribution in [0.1, 0.15) is 36.6 Å². The summed E-state index contributed by atoms with van der Waals surface area (Å²) in [4.78, 5) is 40.2. The van der Waals surface area contributed by atoms with Gasteiger partial charge in [0.2, 0.25) is 0 Å². The van der Waals surface area contributed by atoms with Gasteiger partial charge in [-0.25, -0.2) is 4.90 Å². The summed E-state index contributed by atoms with van der Waals surface area (Å²) in [7, 11) is 1.75. The largest absolute Gasteiger partial charge is 0.341 e. The van der Waals surface area contributed by atoms with E-state index in [0.29, 0.717) is 28.9 Å². The van der Waals surface area contributed by atoms with Crippen LogP contribution in [0.5, 0.6) is 0 Å². The summed E-state index contributed by atoms with van der Waals surface area (Å²) in [6.45, 7) is 0.679. The van der Waals surface area contributed by atoms with Crippen LogP contribution in [0, 0.1) is 0 Å². The number of carbonyl (C=O) groups excluding carboxylic acids is 3. The van der Waals surface area contributed by atoms with Gasteiger partial charge in [0.05, 0.1) is 16.8 Å². The van der Waals surface area contributed by atoms with Gasteiger partial charge < -0.3 is 4.90 Å². The lowest BCUT2D eigenvalue weighted by Gasteiger charge is -2.26. The van der Waals surface area contributed by atoms with E-state index in [1.54, 1.807) is 48.3 Å². The molecule has 23 heavy (non-hydrogen) atoms. The standard InChI is InChI=1S/C18H14N2O3/c1-19-9-8-11-6-7-12(10-15(11)16(19)21)20-17(22)13-4-2-3-5-14(13)18(20)23/h2-7,10H,8-9H2,1H3. The topological polar surface area (TPSA) is 57.7 Å². The molecule has 2 aliphatic rings. The van der Waals surface area contributed by atoms with Crippen molar-refractivity contribution in [2.45, 2.75) is 6.42 Å². The maximum absolute atomic E-state index is 12.5. The number of hydrogen-bond acceptors (Lipinski definition) is 3. The van der Waals surface area contributed by atoms with Gasteiger partial charge in [-0.15, -0.1) is 0 Å². The zero-order valence-corrected chi connectivity index (χ0v) is 12.6. The lowest BCUT2D eigenvalue weighted by molar-refractivity contribution is 0.0779. The van der Waals surface area contributed by atoms with Crippen LogP contribution in [0.15, 0.2) is 42.5 Å². The van der Waals surface area contributed by atoms with Crippen LogP contribution in [0.4, 0.5) is 5.69 Å². The number of imide groups is 1. The molecular formula is C18H14N2O3. The Bertz CT molecular complexity index is 837. The monoisotopic (exact) mass is 306 g/mol. The van der Waals surface area contributed by atoms with Crippen LogP contribution in [0.25, 0.3) is 0 Å². The highest BCUT2D eigenvalue weighted by atomic mass is 16.2. The van der Waals surface area contributed by atoms with E-state index in [1.807, 2.05) is 6.07 Å². The van der Waals surface area contributed by atoms with Gasteiger partial charge in [-0.3, -0.25) is 14.4 Å². The third-order valence-corrected chi connectivity index (χ3v) is 4.44. The molecule has 114 valence electrons. The summed E-state index contributed by atoms with van der Waals surface area (Å²) in [5.41, 5.74) is 2.76. The summed E-state index contributed by atoms with van der Waals surface area (Å²) in [6.07, 6.45) is 0.778. The molecule has 0 saturated heterocycles. The summed E-state index contributed by atoms with van der Waals surface area (Å²) in [5.74, 6) is -0.769. The fourth-order valence-corrected chi connectivity index (χ4v) is 3.14. The second-order valence-corrected chi connectivity index (χ2v) is 5.81. The molecule has 0 atom stereocenters. The van der Waals surface area contributed by atoms with Crippen molar-refractivity contribution in [2.24, 2.45) is 0 Å². The van der Waals surface area contributed by atoms with E-state index in [4.69, 9.17) is 0 Å². The predicted molar refractivity (Wildman–Crippen MR) is 84.7 cm³/mol. The summed E-state index contributed by atoms with van der Waals surface area (Å²) < 4.78 is 0. The van der Waals surface area contributed by atoms with E-state index in [2.05, 4.69) is 0 Å². The first-order valence-electron chi connectivity index (χ1n) is 7.44. The van der Waals surface area contributed by atoms with E-state index in [9.17, 15) is 14.4 Å². The Hall–Kier alpha value is -2.95. The lowest BCUT2D eigenvalue weighted by Crippen LogP contribution is -2.35. The Morgan fingerprint density at radius 2 is 1.48 bits per heavy atom. The average molecular weight is 306 g/mol. The minimum Gasteiger partial charge on any atom is -0.341 e. The Morgan fingerprint density at radius 3 is 2.13 bits per heavy atom. The number of carbonyl (C=O) groups is 3. The van der Waals surface area contributed by atoms with Crippen LogP contribution in [0.3, 0.4) is 0 Å². The van der Waals surface area contributed by atoms with Crippen LogP contribution >= 0.6 is 0 Å². The fourth-order valence-electron chi connectivity index (χ4n) is 3.14. The first-order valence-corrected chi connectivity index (χ1v) is 7.44. The van der Waals surface area contributed by atoms with Crippen LogP contribution in [0.2, 0.25) is 0 Å². The molecule has 0 bridgehead atoms. The average Bonchev–Trinajstić information content (AvgIpc) is 2.83. The zero-order chi connectivity index (χ0) is 16.1. The van der Waals surface area contributed by atoms with Gasteiger partial charge in [0, 0.05) is 19.2 Å². The number of nitrogens with zero attached hydrogens (tertiary/aromatic N) is 2. The van der Waals surface area contributed by atoms with Crippen molar-refractivity contribution in [2.75, 3.05) is 18.5 Å². The molecule has 0 saturated carbocycles. The quantitative estimate of drug-likeness (QED) is 0.758. The Morgan fingerprint density at radius 1 is 0.826 bits per heavy atom. The Kier molecular flexibility index (Phi) is 2.84. The van der Waals surface area contributed by atoms with Gasteiger partial charge >= 0.3 is 0 Å². The molecule has 2 aliphatic heterocycles. The SMILES string of the molecule is CN1CCc2ccc(N3C(=O)c4ccccc4C3=O)cc2C1=O. The summed E-state index contributed by atoms with van der Waals surface area (Å²) >= 11 is 0. The Balaban J connectivity index is 1.80. The molecule has 0 aliphatic carbocycles. The van der Waals surface area contributed by atoms with Crippen molar-refractivity contribution in [3.05, 3.63) is 64.7 Å². The van der Waals surface area contributed by atoms with Crippen LogP contribution in [-0.4, -0.2) is 36.2 Å². The van der Waals surface area contributed by atoms with Crippen LogP contribution in [-0.2, 0) is 6.42 Å². The van der Waals surface area contributed by atoms with Gasteiger partial charge in [-0.05, 0) is 36.2 Å². The molecular weight excluding hydrogens is 292 g/mol. The highest BCUT2D eigenvalue weighted by Crippen LogP contribution is 2.31. The van der Waals surface area contributed by atoms with Crippen molar-refractivity contribution < 1.29 is 14.4 Å². The van der Waals surface area contributed by atoms with Gasteiger partial charge in [-0.1, -0.05) is 18.2 Å². The molecule has 2 aromatic carbocycles. The first kappa shape index (κ1) is 13.7. The molecule has 2 heterocycles. The normalized spacial score (nSPS) is 16.7. The van der Waals surface area contributed by atoms with E-state index >= 15 is 0 Å². The second-order valence-electron chi connectivity index (χ2n) is 5.81. The summed E-state index contributed by atoms with van der Waals surface area (Å²) in [5, 5.41) is 0. The molecule has 2 aromatic rings. The predicted octanol–water partition coefficient (Wildman–Crippen LogP) is 2.12. The number of likely N-dealkylation sites (N-methyl/N-ethyl adjacent to an activating group) is 1. The van der Waals surface area contributed by atoms with Crippen molar-refractivity contribution in [3.8, 4) is 0 Å². The number of anilines is 1. The minimum atomic E-state index is -0.345. The maximum atomic E-state index is 12.5. The van der Waals surface area contributed by atoms with E-state index < -0.39 is 0 Å². The molecule has 0 N–H and O–H groups in total. The number of rotatable bonds is 1. The van der Waals surface area contributed by atoms with E-state index in [0.717, 1.165) is 16.9 Å². The van der Waals surface area contributed by atoms with Crippen molar-refractivity contribution in [1.29, 1.82) is 0 Å². The zero-order valence-electron chi connectivity index (χ0n) is 12.6. The van der Waals surface area contributed by atoms with Gasteiger partial charge in [-0.2, -0.15) is 0 Å². The molecule has 0 radical (unpaired) electrons. The molecule has 0 spiro atoms. The highest BCUT2D eigenvalue weighted by Gasteiger charge is 2.37. The van der Waals surface area contributed by atoms with E-state index in [1.165, 1.54) is 0 Å². The minimum absolute atomic E-state index is 0.0790. The van der Waals surface area contributed by atoms with Crippen molar-refractivity contribution in [3.63, 3.8) is 0 Å². The molecule has 0 unspecified atom stereocenters. The summed E-state index contributed by atoms with van der Waals surface area (Å²) in [6, 6.07) is 12.0. The molecule has 4 rings (SSSR count). The third kappa shape index (κ3) is 1.90. The van der Waals surface area contributed by atoms with Crippen molar-refractivity contribution >= 4 is 23.4 Å². The van der Waals surface area contributed by atoms with Crippen molar-refractivity contribution in [1.82, 2.24) is 4.90 Å². The molecule has 5 nitrogen and oxygen atoms in total. The molecule has 0 fully saturated rings. The number of amides is 3. The fraction of sp³-hybridized carbons (Fsp3) is 0.167. The number of fused-ring (bicyclic) bond motifs is 2. The van der Waals surface area contributed by atoms with Gasteiger partial charge in [0.15, 0.2) is 0 Å². The van der Waals surface area contributed by atoms with Gasteiger partial charge in [0.1, 0.15) is 0 Å². The number of hydrogen-bond donors (Lipinski definition) is 0. The second kappa shape index (κ2) is 4.78. The van der Waals surface area contributed by atoms with E-state index in [-0.39, 0.29) is 17.7 Å². The maximum Gasteiger partial charge on any atom is 0.266 e. The lowest BCUT2D eigenvalue weighted by atomic mass is 9.98. The Labute approximate surface area is 133 Å². The third-order valence-electron chi connectivity index (χ3n) is 4.44. The molecule has 0 aromatic heterocycles. The molecule has 5 heteroatoms. The smallest absolute Gasteiger partial charge is 0.266 e. The first-order chi connectivity index (χ1) is 11.1.